The molecule has 0 spiro atoms. The molecule has 2 saturated carbocycles. The summed E-state index contributed by atoms with van der Waals surface area (Å²) in [5.41, 5.74) is 0. The molecule has 0 aromatic heterocycles. The van der Waals surface area contributed by atoms with Crippen LogP contribution in [0, 0.1) is 0 Å². The van der Waals surface area contributed by atoms with Gasteiger partial charge in [0, 0.05) is 4.83 Å². The molecule has 0 radical (unpaired) electrons. The maximum atomic E-state index is 5.79. The van der Waals surface area contributed by atoms with Gasteiger partial charge in [-0.3, -0.25) is 0 Å². The van der Waals surface area contributed by atoms with E-state index in [1.54, 1.807) is 0 Å². The van der Waals surface area contributed by atoms with Crippen LogP contribution in [0.3, 0.4) is 0 Å². The van der Waals surface area contributed by atoms with Gasteiger partial charge in [0.1, 0.15) is 0 Å². The van der Waals surface area contributed by atoms with Crippen molar-refractivity contribution in [2.45, 2.75) is 49.1 Å². The molecule has 2 fully saturated rings. The summed E-state index contributed by atoms with van der Waals surface area (Å²) >= 11 is 3.64. The Morgan fingerprint density at radius 1 is 1.10 bits per heavy atom. The van der Waals surface area contributed by atoms with Gasteiger partial charge in [0.15, 0.2) is 0 Å². The first-order valence-electron chi connectivity index (χ1n) is 4.16. The van der Waals surface area contributed by atoms with Crippen molar-refractivity contribution in [3.63, 3.8) is 0 Å². The van der Waals surface area contributed by atoms with Crippen molar-refractivity contribution in [2.75, 3.05) is 0 Å². The molecule has 1 nitrogen and oxygen atoms in total. The lowest BCUT2D eigenvalue weighted by Crippen LogP contribution is -2.18. The molecule has 2 aliphatic carbocycles. The Hall–Kier alpha value is 0.440. The summed E-state index contributed by atoms with van der Waals surface area (Å²) in [5, 5.41) is 0. The first kappa shape index (κ1) is 7.11. The molecule has 2 atom stereocenters. The van der Waals surface area contributed by atoms with Gasteiger partial charge >= 0.3 is 0 Å². The molecule has 2 aliphatic rings. The quantitative estimate of drug-likeness (QED) is 0.629. The first-order valence-corrected chi connectivity index (χ1v) is 5.07. The van der Waals surface area contributed by atoms with Gasteiger partial charge in [-0.1, -0.05) is 15.9 Å². The van der Waals surface area contributed by atoms with Gasteiger partial charge < -0.3 is 4.74 Å². The summed E-state index contributed by atoms with van der Waals surface area (Å²) in [6.07, 6.45) is 7.68. The molecule has 2 rings (SSSR count). The van der Waals surface area contributed by atoms with Crippen LogP contribution in [0.1, 0.15) is 32.1 Å². The molecule has 2 heteroatoms. The number of hydrogen-bond acceptors (Lipinski definition) is 1. The highest BCUT2D eigenvalue weighted by Crippen LogP contribution is 2.34. The Kier molecular flexibility index (Phi) is 2.01. The Labute approximate surface area is 70.3 Å². The lowest BCUT2D eigenvalue weighted by atomic mass is 10.3. The smallest absolute Gasteiger partial charge is 0.0703 e. The maximum absolute atomic E-state index is 5.79. The van der Waals surface area contributed by atoms with E-state index in [1.165, 1.54) is 32.1 Å². The lowest BCUT2D eigenvalue weighted by molar-refractivity contribution is 0.0494. The van der Waals surface area contributed by atoms with E-state index in [-0.39, 0.29) is 0 Å². The zero-order chi connectivity index (χ0) is 6.97. The zero-order valence-corrected chi connectivity index (χ0v) is 7.64. The standard InChI is InChI=1S/C8H13BrO/c9-7-2-1-3-8(7)10-6-4-5-6/h6-8H,1-5H2/t7-,8-/m1/s1. The van der Waals surface area contributed by atoms with E-state index in [1.807, 2.05) is 0 Å². The average Bonchev–Trinajstić information content (AvgIpc) is 2.62. The monoisotopic (exact) mass is 204 g/mol. The number of ether oxygens (including phenoxy) is 1. The molecule has 0 N–H and O–H groups in total. The number of rotatable bonds is 2. The molecule has 0 aliphatic heterocycles. The van der Waals surface area contributed by atoms with Gasteiger partial charge in [-0.05, 0) is 32.1 Å². The Morgan fingerprint density at radius 2 is 1.90 bits per heavy atom. The third kappa shape index (κ3) is 1.54. The SMILES string of the molecule is Br[C@@H]1CCC[C@H]1OC1CC1. The molecular weight excluding hydrogens is 192 g/mol. The van der Waals surface area contributed by atoms with Crippen LogP contribution in [0.2, 0.25) is 0 Å². The van der Waals surface area contributed by atoms with Gasteiger partial charge in [-0.25, -0.2) is 0 Å². The molecule has 0 bridgehead atoms. The maximum Gasteiger partial charge on any atom is 0.0703 e. The van der Waals surface area contributed by atoms with Gasteiger partial charge in [0.25, 0.3) is 0 Å². The minimum atomic E-state index is 0.535. The largest absolute Gasteiger partial charge is 0.374 e. The predicted molar refractivity (Wildman–Crippen MR) is 44.5 cm³/mol. The van der Waals surface area contributed by atoms with E-state index in [2.05, 4.69) is 15.9 Å². The van der Waals surface area contributed by atoms with Crippen molar-refractivity contribution in [3.8, 4) is 0 Å². The zero-order valence-electron chi connectivity index (χ0n) is 6.05. The van der Waals surface area contributed by atoms with E-state index < -0.39 is 0 Å². The van der Waals surface area contributed by atoms with E-state index in [9.17, 15) is 0 Å². The fraction of sp³-hybridized carbons (Fsp3) is 1.00. The topological polar surface area (TPSA) is 9.23 Å². The van der Waals surface area contributed by atoms with Crippen molar-refractivity contribution in [1.82, 2.24) is 0 Å². The molecule has 0 amide bonds. The molecule has 0 aromatic carbocycles. The Balaban J connectivity index is 1.79. The van der Waals surface area contributed by atoms with Crippen LogP contribution in [-0.4, -0.2) is 17.0 Å². The highest BCUT2D eigenvalue weighted by molar-refractivity contribution is 9.09. The summed E-state index contributed by atoms with van der Waals surface area (Å²) in [5.74, 6) is 0. The van der Waals surface area contributed by atoms with Crippen molar-refractivity contribution in [2.24, 2.45) is 0 Å². The van der Waals surface area contributed by atoms with Gasteiger partial charge in [0.05, 0.1) is 12.2 Å². The third-order valence-electron chi connectivity index (χ3n) is 2.26. The van der Waals surface area contributed by atoms with Gasteiger partial charge in [-0.2, -0.15) is 0 Å². The van der Waals surface area contributed by atoms with Crippen LogP contribution >= 0.6 is 15.9 Å². The van der Waals surface area contributed by atoms with Crippen LogP contribution in [0.25, 0.3) is 0 Å². The molecule has 0 aromatic rings. The van der Waals surface area contributed by atoms with Gasteiger partial charge in [0.2, 0.25) is 0 Å². The lowest BCUT2D eigenvalue weighted by Gasteiger charge is -2.13. The molecule has 10 heavy (non-hydrogen) atoms. The van der Waals surface area contributed by atoms with E-state index in [4.69, 9.17) is 4.74 Å². The minimum Gasteiger partial charge on any atom is -0.374 e. The molecule has 0 heterocycles. The summed E-state index contributed by atoms with van der Waals surface area (Å²) in [6.45, 7) is 0. The van der Waals surface area contributed by atoms with Crippen molar-refractivity contribution < 1.29 is 4.74 Å². The number of halogens is 1. The second-order valence-corrected chi connectivity index (χ2v) is 4.50. The van der Waals surface area contributed by atoms with Crippen molar-refractivity contribution in [3.05, 3.63) is 0 Å². The van der Waals surface area contributed by atoms with Crippen molar-refractivity contribution in [1.29, 1.82) is 0 Å². The van der Waals surface area contributed by atoms with E-state index in [0.29, 0.717) is 17.0 Å². The minimum absolute atomic E-state index is 0.535. The molecule has 0 saturated heterocycles. The molecule has 0 unspecified atom stereocenters. The Morgan fingerprint density at radius 3 is 2.40 bits per heavy atom. The van der Waals surface area contributed by atoms with Crippen LogP contribution in [0.15, 0.2) is 0 Å². The fourth-order valence-electron chi connectivity index (χ4n) is 1.49. The highest BCUT2D eigenvalue weighted by atomic mass is 79.9. The predicted octanol–water partition coefficient (Wildman–Crippen LogP) is 2.48. The van der Waals surface area contributed by atoms with E-state index in [0.717, 1.165) is 0 Å². The third-order valence-corrected chi connectivity index (χ3v) is 3.31. The summed E-state index contributed by atoms with van der Waals surface area (Å²) in [4.78, 5) is 0.646. The summed E-state index contributed by atoms with van der Waals surface area (Å²) < 4.78 is 5.79. The van der Waals surface area contributed by atoms with Crippen LogP contribution in [0.5, 0.6) is 0 Å². The Bertz CT molecular complexity index is 122. The molecule has 58 valence electrons. The average molecular weight is 205 g/mol. The number of alkyl halides is 1. The number of hydrogen-bond donors (Lipinski definition) is 0. The first-order chi connectivity index (χ1) is 4.86. The van der Waals surface area contributed by atoms with Gasteiger partial charge in [-0.15, -0.1) is 0 Å². The second-order valence-electron chi connectivity index (χ2n) is 3.32. The van der Waals surface area contributed by atoms with Crippen LogP contribution < -0.4 is 0 Å². The van der Waals surface area contributed by atoms with Crippen molar-refractivity contribution >= 4 is 15.9 Å². The highest BCUT2D eigenvalue weighted by Gasteiger charge is 2.32. The fourth-order valence-corrected chi connectivity index (χ4v) is 2.20. The normalized spacial score (nSPS) is 40.5. The van der Waals surface area contributed by atoms with Crippen LogP contribution in [0.4, 0.5) is 0 Å². The molecular formula is C8H13BrO. The second kappa shape index (κ2) is 2.82. The van der Waals surface area contributed by atoms with Crippen LogP contribution in [-0.2, 0) is 4.74 Å². The summed E-state index contributed by atoms with van der Waals surface area (Å²) in [7, 11) is 0. The summed E-state index contributed by atoms with van der Waals surface area (Å²) in [6, 6.07) is 0. The van der Waals surface area contributed by atoms with E-state index >= 15 is 0 Å².